The normalized spacial score (nSPS) is 13.7. The van der Waals surface area contributed by atoms with E-state index in [2.05, 4.69) is 15.9 Å². The van der Waals surface area contributed by atoms with E-state index in [4.69, 9.17) is 9.52 Å². The van der Waals surface area contributed by atoms with Crippen LogP contribution in [-0.4, -0.2) is 5.11 Å². The minimum absolute atomic E-state index is 0.533. The van der Waals surface area contributed by atoms with Crippen molar-refractivity contribution in [2.45, 2.75) is 13.0 Å². The molecule has 0 amide bonds. The van der Waals surface area contributed by atoms with E-state index in [1.54, 1.807) is 13.0 Å². The molecule has 0 saturated heterocycles. The summed E-state index contributed by atoms with van der Waals surface area (Å²) in [7, 11) is 0. The zero-order valence-corrected chi connectivity index (χ0v) is 6.55. The zero-order chi connectivity index (χ0) is 6.85. The molecule has 50 valence electrons. The molecule has 1 rings (SSSR count). The molecule has 1 unspecified atom stereocenters. The standard InChI is InChI=1S/C6H7BrO2/c1-4(8)6-5(7)2-3-9-6/h2-4,8H,1H3. The van der Waals surface area contributed by atoms with Gasteiger partial charge in [-0.05, 0) is 28.9 Å². The summed E-state index contributed by atoms with van der Waals surface area (Å²) in [4.78, 5) is 0. The predicted molar refractivity (Wildman–Crippen MR) is 37.0 cm³/mol. The summed E-state index contributed by atoms with van der Waals surface area (Å²) in [5.74, 6) is 0.579. The number of halogens is 1. The molecule has 0 bridgehead atoms. The minimum atomic E-state index is -0.533. The number of rotatable bonds is 1. The second-order valence-electron chi connectivity index (χ2n) is 1.81. The fourth-order valence-electron chi connectivity index (χ4n) is 0.604. The van der Waals surface area contributed by atoms with Gasteiger partial charge in [0.1, 0.15) is 11.9 Å². The van der Waals surface area contributed by atoms with E-state index in [0.717, 1.165) is 4.47 Å². The lowest BCUT2D eigenvalue weighted by Crippen LogP contribution is -1.87. The maximum Gasteiger partial charge on any atom is 0.146 e. The second kappa shape index (κ2) is 2.54. The van der Waals surface area contributed by atoms with Crippen molar-refractivity contribution in [1.82, 2.24) is 0 Å². The molecule has 0 fully saturated rings. The minimum Gasteiger partial charge on any atom is -0.465 e. The molecular formula is C6H7BrO2. The average molecular weight is 191 g/mol. The summed E-state index contributed by atoms with van der Waals surface area (Å²) in [6.45, 7) is 1.66. The Morgan fingerprint density at radius 1 is 1.78 bits per heavy atom. The predicted octanol–water partition coefficient (Wildman–Crippen LogP) is 2.10. The molecular weight excluding hydrogens is 184 g/mol. The van der Waals surface area contributed by atoms with Crippen molar-refractivity contribution >= 4 is 15.9 Å². The highest BCUT2D eigenvalue weighted by Gasteiger charge is 2.07. The molecule has 0 aliphatic rings. The second-order valence-corrected chi connectivity index (χ2v) is 2.66. The molecule has 1 aromatic heterocycles. The lowest BCUT2D eigenvalue weighted by atomic mass is 10.3. The SMILES string of the molecule is CC(O)c1occc1Br. The molecule has 9 heavy (non-hydrogen) atoms. The van der Waals surface area contributed by atoms with E-state index in [0.29, 0.717) is 5.76 Å². The molecule has 0 spiro atoms. The largest absolute Gasteiger partial charge is 0.465 e. The molecule has 0 radical (unpaired) electrons. The lowest BCUT2D eigenvalue weighted by Gasteiger charge is -1.97. The first kappa shape index (κ1) is 6.83. The third-order valence-electron chi connectivity index (χ3n) is 1.02. The summed E-state index contributed by atoms with van der Waals surface area (Å²) in [5.41, 5.74) is 0. The lowest BCUT2D eigenvalue weighted by molar-refractivity contribution is 0.168. The third-order valence-corrected chi connectivity index (χ3v) is 1.68. The first-order chi connectivity index (χ1) is 4.22. The first-order valence-corrected chi connectivity index (χ1v) is 3.42. The Morgan fingerprint density at radius 2 is 2.44 bits per heavy atom. The Morgan fingerprint density at radius 3 is 2.67 bits per heavy atom. The Bertz CT molecular complexity index is 193. The van der Waals surface area contributed by atoms with Gasteiger partial charge in [-0.25, -0.2) is 0 Å². The Hall–Kier alpha value is -0.280. The van der Waals surface area contributed by atoms with E-state index < -0.39 is 6.10 Å². The highest BCUT2D eigenvalue weighted by Crippen LogP contribution is 2.23. The van der Waals surface area contributed by atoms with E-state index in [1.165, 1.54) is 6.26 Å². The molecule has 1 atom stereocenters. The highest BCUT2D eigenvalue weighted by atomic mass is 79.9. The van der Waals surface area contributed by atoms with Crippen LogP contribution in [0.25, 0.3) is 0 Å². The zero-order valence-electron chi connectivity index (χ0n) is 4.97. The van der Waals surface area contributed by atoms with Crippen LogP contribution in [0, 0.1) is 0 Å². The Balaban J connectivity index is 2.94. The molecule has 1 N–H and O–H groups in total. The van der Waals surface area contributed by atoms with Crippen molar-refractivity contribution in [3.8, 4) is 0 Å². The Labute approximate surface area is 61.6 Å². The van der Waals surface area contributed by atoms with Crippen molar-refractivity contribution in [1.29, 1.82) is 0 Å². The number of hydrogen-bond acceptors (Lipinski definition) is 2. The quantitative estimate of drug-likeness (QED) is 0.737. The van der Waals surface area contributed by atoms with Crippen LogP contribution < -0.4 is 0 Å². The molecule has 3 heteroatoms. The molecule has 2 nitrogen and oxygen atoms in total. The smallest absolute Gasteiger partial charge is 0.146 e. The van der Waals surface area contributed by atoms with Gasteiger partial charge in [0.25, 0.3) is 0 Å². The van der Waals surface area contributed by atoms with Gasteiger partial charge in [-0.1, -0.05) is 0 Å². The fraction of sp³-hybridized carbons (Fsp3) is 0.333. The third kappa shape index (κ3) is 1.34. The molecule has 0 aliphatic heterocycles. The summed E-state index contributed by atoms with van der Waals surface area (Å²) < 4.78 is 5.75. The van der Waals surface area contributed by atoms with Gasteiger partial charge in [-0.3, -0.25) is 0 Å². The average Bonchev–Trinajstić information content (AvgIpc) is 2.13. The highest BCUT2D eigenvalue weighted by molar-refractivity contribution is 9.10. The summed E-state index contributed by atoms with van der Waals surface area (Å²) in [6, 6.07) is 1.75. The first-order valence-electron chi connectivity index (χ1n) is 2.63. The van der Waals surface area contributed by atoms with Gasteiger partial charge < -0.3 is 9.52 Å². The molecule has 1 heterocycles. The van der Waals surface area contributed by atoms with Crippen LogP contribution in [0.2, 0.25) is 0 Å². The van der Waals surface area contributed by atoms with Gasteiger partial charge in [0.15, 0.2) is 0 Å². The summed E-state index contributed by atoms with van der Waals surface area (Å²) >= 11 is 3.21. The van der Waals surface area contributed by atoms with E-state index in [9.17, 15) is 0 Å². The van der Waals surface area contributed by atoms with E-state index in [-0.39, 0.29) is 0 Å². The molecule has 1 aromatic rings. The summed E-state index contributed by atoms with van der Waals surface area (Å²) in [6.07, 6.45) is 1.00. The number of aliphatic hydroxyl groups excluding tert-OH is 1. The molecule has 0 aromatic carbocycles. The molecule has 0 aliphatic carbocycles. The van der Waals surface area contributed by atoms with E-state index >= 15 is 0 Å². The maximum absolute atomic E-state index is 8.97. The number of hydrogen-bond donors (Lipinski definition) is 1. The van der Waals surface area contributed by atoms with Crippen molar-refractivity contribution in [2.24, 2.45) is 0 Å². The topological polar surface area (TPSA) is 33.4 Å². The van der Waals surface area contributed by atoms with Crippen molar-refractivity contribution < 1.29 is 9.52 Å². The van der Waals surface area contributed by atoms with Crippen LogP contribution in [-0.2, 0) is 0 Å². The van der Waals surface area contributed by atoms with Gasteiger partial charge in [-0.2, -0.15) is 0 Å². The van der Waals surface area contributed by atoms with Crippen LogP contribution in [0.5, 0.6) is 0 Å². The van der Waals surface area contributed by atoms with Gasteiger partial charge in [0.2, 0.25) is 0 Å². The van der Waals surface area contributed by atoms with E-state index in [1.807, 2.05) is 0 Å². The number of aliphatic hydroxyl groups is 1. The summed E-state index contributed by atoms with van der Waals surface area (Å²) in [5, 5.41) is 8.97. The van der Waals surface area contributed by atoms with Crippen molar-refractivity contribution in [3.63, 3.8) is 0 Å². The van der Waals surface area contributed by atoms with Crippen molar-refractivity contribution in [2.75, 3.05) is 0 Å². The molecule has 0 saturated carbocycles. The van der Waals surface area contributed by atoms with Gasteiger partial charge >= 0.3 is 0 Å². The Kier molecular flexibility index (Phi) is 1.93. The van der Waals surface area contributed by atoms with Crippen LogP contribution in [0.15, 0.2) is 21.2 Å². The van der Waals surface area contributed by atoms with Gasteiger partial charge in [0.05, 0.1) is 10.7 Å². The van der Waals surface area contributed by atoms with Crippen LogP contribution in [0.3, 0.4) is 0 Å². The monoisotopic (exact) mass is 190 g/mol. The maximum atomic E-state index is 8.97. The van der Waals surface area contributed by atoms with Gasteiger partial charge in [0, 0.05) is 0 Å². The van der Waals surface area contributed by atoms with Gasteiger partial charge in [-0.15, -0.1) is 0 Å². The van der Waals surface area contributed by atoms with Crippen LogP contribution >= 0.6 is 15.9 Å². The van der Waals surface area contributed by atoms with Crippen molar-refractivity contribution in [3.05, 3.63) is 22.6 Å². The fourth-order valence-corrected chi connectivity index (χ4v) is 1.14. The van der Waals surface area contributed by atoms with Crippen LogP contribution in [0.1, 0.15) is 18.8 Å². The van der Waals surface area contributed by atoms with Crippen LogP contribution in [0.4, 0.5) is 0 Å². The number of furan rings is 1.